The van der Waals surface area contributed by atoms with Crippen LogP contribution in [0.4, 0.5) is 17.1 Å². The fourth-order valence-electron chi connectivity index (χ4n) is 3.49. The number of hydrazone groups is 2. The van der Waals surface area contributed by atoms with Gasteiger partial charge in [-0.05, 0) is 55.1 Å². The van der Waals surface area contributed by atoms with Crippen molar-refractivity contribution in [3.8, 4) is 0 Å². The first-order chi connectivity index (χ1) is 16.1. The van der Waals surface area contributed by atoms with Crippen molar-refractivity contribution in [2.24, 2.45) is 10.2 Å². The van der Waals surface area contributed by atoms with E-state index < -0.39 is 0 Å². The first-order valence-corrected chi connectivity index (χ1v) is 11.1. The predicted octanol–water partition coefficient (Wildman–Crippen LogP) is 4.83. The molecule has 0 saturated heterocycles. The third kappa shape index (κ3) is 4.04. The normalized spacial score (nSPS) is 17.8. The Balaban J connectivity index is 1.52. The fourth-order valence-corrected chi connectivity index (χ4v) is 4.51. The molecule has 162 valence electrons. The first kappa shape index (κ1) is 20.7. The largest absolute Gasteiger partial charge is 0.320 e. The van der Waals surface area contributed by atoms with Crippen molar-refractivity contribution in [2.75, 3.05) is 15.3 Å². The van der Waals surface area contributed by atoms with Gasteiger partial charge < -0.3 is 5.32 Å². The number of anilines is 3. The van der Waals surface area contributed by atoms with Gasteiger partial charge in [0.15, 0.2) is 5.04 Å². The summed E-state index contributed by atoms with van der Waals surface area (Å²) in [5.41, 5.74) is 3.07. The van der Waals surface area contributed by atoms with Gasteiger partial charge in [-0.25, -0.2) is 5.01 Å². The number of carbonyl (C=O) groups is 2. The Morgan fingerprint density at radius 1 is 0.788 bits per heavy atom. The number of hydrogen-bond donors (Lipinski definition) is 1. The lowest BCUT2D eigenvalue weighted by atomic mass is 10.2. The van der Waals surface area contributed by atoms with Crippen LogP contribution in [0.25, 0.3) is 0 Å². The van der Waals surface area contributed by atoms with Crippen LogP contribution >= 0.6 is 11.8 Å². The number of nitrogens with zero attached hydrogens (tertiary/aromatic N) is 4. The molecule has 2 amide bonds. The van der Waals surface area contributed by atoms with Gasteiger partial charge >= 0.3 is 0 Å². The Morgan fingerprint density at radius 2 is 1.33 bits per heavy atom. The number of carbonyl (C=O) groups excluding carboxylic acids is 2. The Hall–Kier alpha value is -4.17. The van der Waals surface area contributed by atoms with Gasteiger partial charge in [0.2, 0.25) is 0 Å². The fraction of sp³-hybridized carbons (Fsp3) is 0.0400. The van der Waals surface area contributed by atoms with Crippen molar-refractivity contribution in [1.82, 2.24) is 0 Å². The summed E-state index contributed by atoms with van der Waals surface area (Å²) in [6, 6.07) is 27.9. The smallest absolute Gasteiger partial charge is 0.283 e. The minimum Gasteiger partial charge on any atom is -0.320 e. The molecule has 2 heterocycles. The molecule has 33 heavy (non-hydrogen) atoms. The maximum Gasteiger partial charge on any atom is 0.283 e. The zero-order valence-electron chi connectivity index (χ0n) is 17.7. The third-order valence-corrected chi connectivity index (χ3v) is 6.07. The number of nitrogens with one attached hydrogen (secondary N) is 1. The number of rotatable bonds is 4. The van der Waals surface area contributed by atoms with Crippen LogP contribution in [0.3, 0.4) is 0 Å². The Kier molecular flexibility index (Phi) is 5.50. The molecule has 0 aliphatic carbocycles. The summed E-state index contributed by atoms with van der Waals surface area (Å²) in [5.74, 6) is -0.607. The summed E-state index contributed by atoms with van der Waals surface area (Å²) in [7, 11) is 0. The van der Waals surface area contributed by atoms with E-state index in [0.29, 0.717) is 27.7 Å². The molecule has 0 fully saturated rings. The zero-order chi connectivity index (χ0) is 22.8. The molecule has 8 heteroatoms. The summed E-state index contributed by atoms with van der Waals surface area (Å²) in [5, 5.41) is 15.7. The van der Waals surface area contributed by atoms with E-state index in [-0.39, 0.29) is 16.9 Å². The van der Waals surface area contributed by atoms with Crippen LogP contribution in [0, 0.1) is 0 Å². The first-order valence-electron chi connectivity index (χ1n) is 10.3. The summed E-state index contributed by atoms with van der Waals surface area (Å²) in [6.07, 6.45) is 0. The molecule has 0 spiro atoms. The topological polar surface area (TPSA) is 77.4 Å². The quantitative estimate of drug-likeness (QED) is 0.574. The van der Waals surface area contributed by atoms with E-state index in [2.05, 4.69) is 15.5 Å². The van der Waals surface area contributed by atoms with Crippen molar-refractivity contribution in [3.05, 3.63) is 102 Å². The molecule has 3 aromatic rings. The molecular weight excluding hydrogens is 434 g/mol. The maximum atomic E-state index is 13.4. The van der Waals surface area contributed by atoms with Gasteiger partial charge in [-0.1, -0.05) is 54.6 Å². The van der Waals surface area contributed by atoms with E-state index in [0.717, 1.165) is 17.4 Å². The molecule has 2 aliphatic heterocycles. The van der Waals surface area contributed by atoms with Crippen LogP contribution in [0.15, 0.2) is 112 Å². The van der Waals surface area contributed by atoms with Gasteiger partial charge in [-0.15, -0.1) is 0 Å². The van der Waals surface area contributed by atoms with Crippen molar-refractivity contribution < 1.29 is 9.59 Å². The highest BCUT2D eigenvalue weighted by Gasteiger charge is 2.38. The molecule has 0 bridgehead atoms. The van der Waals surface area contributed by atoms with E-state index in [4.69, 9.17) is 0 Å². The van der Waals surface area contributed by atoms with E-state index in [9.17, 15) is 9.59 Å². The van der Waals surface area contributed by atoms with Crippen LogP contribution in [0.2, 0.25) is 0 Å². The van der Waals surface area contributed by atoms with Crippen molar-refractivity contribution >= 4 is 51.4 Å². The lowest BCUT2D eigenvalue weighted by Gasteiger charge is -2.17. The molecule has 0 atom stereocenters. The van der Waals surface area contributed by atoms with Crippen LogP contribution in [0.5, 0.6) is 0 Å². The van der Waals surface area contributed by atoms with E-state index in [1.807, 2.05) is 91.0 Å². The van der Waals surface area contributed by atoms with Gasteiger partial charge in [0, 0.05) is 5.69 Å². The van der Waals surface area contributed by atoms with E-state index >= 15 is 0 Å². The second-order valence-electron chi connectivity index (χ2n) is 7.29. The number of thioether (sulfide) groups is 1. The SMILES string of the molecule is CC1=NN(c2ccccc2)C(=O)/C1=C1/SC(C(=O)Nc2ccccc2)=NN1c1ccccc1. The van der Waals surface area contributed by atoms with Crippen molar-refractivity contribution in [3.63, 3.8) is 0 Å². The number of hydrogen-bond acceptors (Lipinski definition) is 6. The minimum atomic E-state index is -0.345. The lowest BCUT2D eigenvalue weighted by Crippen LogP contribution is -2.24. The standard InChI is InChI=1S/C25H19N5O2S/c1-17-21(24(32)29(27-17)19-13-7-3-8-14-19)25-30(20-15-9-4-10-16-20)28-23(33-25)22(31)26-18-11-5-2-6-12-18/h2-16H,1H3,(H,26,31)/b25-21+. The van der Waals surface area contributed by atoms with Crippen LogP contribution in [0.1, 0.15) is 6.92 Å². The third-order valence-electron chi connectivity index (χ3n) is 5.04. The van der Waals surface area contributed by atoms with Crippen LogP contribution < -0.4 is 15.3 Å². The monoisotopic (exact) mass is 453 g/mol. The molecule has 0 unspecified atom stereocenters. The maximum absolute atomic E-state index is 13.4. The average molecular weight is 454 g/mol. The minimum absolute atomic E-state index is 0.240. The molecule has 0 radical (unpaired) electrons. The molecule has 7 nitrogen and oxygen atoms in total. The molecular formula is C25H19N5O2S. The Bertz CT molecular complexity index is 1300. The molecule has 5 rings (SSSR count). The summed E-state index contributed by atoms with van der Waals surface area (Å²) >= 11 is 1.16. The molecule has 2 aliphatic rings. The molecule has 0 saturated carbocycles. The highest BCUT2D eigenvalue weighted by Crippen LogP contribution is 2.39. The predicted molar refractivity (Wildman–Crippen MR) is 133 cm³/mol. The lowest BCUT2D eigenvalue weighted by molar-refractivity contribution is -0.114. The van der Waals surface area contributed by atoms with Gasteiger partial charge in [0.1, 0.15) is 5.03 Å². The van der Waals surface area contributed by atoms with Crippen LogP contribution in [-0.2, 0) is 9.59 Å². The number of para-hydroxylation sites is 3. The average Bonchev–Trinajstić information content (AvgIpc) is 3.41. The van der Waals surface area contributed by atoms with Gasteiger partial charge in [0.25, 0.3) is 11.8 Å². The summed E-state index contributed by atoms with van der Waals surface area (Å²) in [4.78, 5) is 26.4. The van der Waals surface area contributed by atoms with E-state index in [1.165, 1.54) is 5.01 Å². The van der Waals surface area contributed by atoms with Crippen molar-refractivity contribution in [2.45, 2.75) is 6.92 Å². The number of benzene rings is 3. The highest BCUT2D eigenvalue weighted by molar-refractivity contribution is 8.19. The Morgan fingerprint density at radius 3 is 1.94 bits per heavy atom. The zero-order valence-corrected chi connectivity index (χ0v) is 18.5. The van der Waals surface area contributed by atoms with Gasteiger partial charge in [0.05, 0.1) is 22.7 Å². The second-order valence-corrected chi connectivity index (χ2v) is 8.27. The number of amides is 2. The van der Waals surface area contributed by atoms with Crippen molar-refractivity contribution in [1.29, 1.82) is 0 Å². The van der Waals surface area contributed by atoms with E-state index in [1.54, 1.807) is 11.9 Å². The van der Waals surface area contributed by atoms with Gasteiger partial charge in [-0.2, -0.15) is 15.2 Å². The summed E-state index contributed by atoms with van der Waals surface area (Å²) in [6.45, 7) is 1.79. The molecule has 0 aromatic heterocycles. The molecule has 3 aromatic carbocycles. The van der Waals surface area contributed by atoms with Gasteiger partial charge in [-0.3, -0.25) is 9.59 Å². The second kappa shape index (κ2) is 8.76. The highest BCUT2D eigenvalue weighted by atomic mass is 32.2. The molecule has 1 N–H and O–H groups in total. The summed E-state index contributed by atoms with van der Waals surface area (Å²) < 4.78 is 0. The van der Waals surface area contributed by atoms with Crippen LogP contribution in [-0.4, -0.2) is 22.6 Å². The Labute approximate surface area is 195 Å².